The van der Waals surface area contributed by atoms with Crippen molar-refractivity contribution in [3.8, 4) is 0 Å². The molecule has 234 valence electrons. The summed E-state index contributed by atoms with van der Waals surface area (Å²) in [5.41, 5.74) is 4.12. The smallest absolute Gasteiger partial charge is 0.0729 e. The molecule has 2 N–H and O–H groups in total. The molecule has 0 aliphatic heterocycles. The third-order valence-corrected chi connectivity index (χ3v) is 9.06. The van der Waals surface area contributed by atoms with Gasteiger partial charge >= 0.3 is 0 Å². The van der Waals surface area contributed by atoms with Crippen LogP contribution in [0, 0.1) is 40.4 Å². The predicted octanol–water partition coefficient (Wildman–Crippen LogP) is 10.5. The fraction of sp³-hybridized carbons (Fsp3) is 0.600. The van der Waals surface area contributed by atoms with Gasteiger partial charge in [0.15, 0.2) is 0 Å². The first-order chi connectivity index (χ1) is 19.6. The summed E-state index contributed by atoms with van der Waals surface area (Å²) in [5.74, 6) is 2.20. The SMILES string of the molecule is CC1=C[C@H](O)CC(C)(C)[C@H]1/C=C/C(C)C/C=C/C(C)/C=C/C=C/C(C)C/C=C/C(C)/C=C/C1=C(C)C[C@H](O)CC1(C)C. The van der Waals surface area contributed by atoms with Crippen molar-refractivity contribution in [1.82, 2.24) is 0 Å². The molecule has 0 heterocycles. The second-order valence-electron chi connectivity index (χ2n) is 14.8. The molecule has 2 nitrogen and oxygen atoms in total. The van der Waals surface area contributed by atoms with E-state index in [1.54, 1.807) is 0 Å². The Hall–Kier alpha value is -2.16. The van der Waals surface area contributed by atoms with E-state index in [2.05, 4.69) is 142 Å². The fourth-order valence-corrected chi connectivity index (χ4v) is 6.68. The van der Waals surface area contributed by atoms with Crippen molar-refractivity contribution in [2.24, 2.45) is 40.4 Å². The average molecular weight is 575 g/mol. The summed E-state index contributed by atoms with van der Waals surface area (Å²) >= 11 is 0. The van der Waals surface area contributed by atoms with Crippen LogP contribution in [0.5, 0.6) is 0 Å². The van der Waals surface area contributed by atoms with E-state index in [0.29, 0.717) is 29.6 Å². The Morgan fingerprint density at radius 2 is 1.36 bits per heavy atom. The molecule has 4 unspecified atom stereocenters. The molecule has 0 aromatic carbocycles. The van der Waals surface area contributed by atoms with Crippen LogP contribution in [-0.4, -0.2) is 22.4 Å². The first-order valence-electron chi connectivity index (χ1n) is 16.4. The Balaban J connectivity index is 1.74. The van der Waals surface area contributed by atoms with E-state index in [9.17, 15) is 10.2 Å². The lowest BCUT2D eigenvalue weighted by Gasteiger charge is -2.38. The summed E-state index contributed by atoms with van der Waals surface area (Å²) in [4.78, 5) is 0. The molecular formula is C40H62O2. The van der Waals surface area contributed by atoms with Gasteiger partial charge in [-0.3, -0.25) is 0 Å². The van der Waals surface area contributed by atoms with E-state index in [-0.39, 0.29) is 23.0 Å². The van der Waals surface area contributed by atoms with Crippen molar-refractivity contribution in [3.05, 3.63) is 95.7 Å². The van der Waals surface area contributed by atoms with Gasteiger partial charge in [-0.15, -0.1) is 0 Å². The van der Waals surface area contributed by atoms with Crippen molar-refractivity contribution in [3.63, 3.8) is 0 Å². The van der Waals surface area contributed by atoms with Crippen molar-refractivity contribution >= 4 is 0 Å². The number of hydrogen-bond acceptors (Lipinski definition) is 2. The first kappa shape index (κ1) is 36.0. The molecule has 0 saturated carbocycles. The Morgan fingerprint density at radius 3 is 1.95 bits per heavy atom. The summed E-state index contributed by atoms with van der Waals surface area (Å²) in [7, 11) is 0. The number of allylic oxidation sites excluding steroid dienone is 14. The van der Waals surface area contributed by atoms with Crippen LogP contribution < -0.4 is 0 Å². The monoisotopic (exact) mass is 574 g/mol. The highest BCUT2D eigenvalue weighted by Gasteiger charge is 2.34. The van der Waals surface area contributed by atoms with E-state index >= 15 is 0 Å². The lowest BCUT2D eigenvalue weighted by molar-refractivity contribution is 0.116. The van der Waals surface area contributed by atoms with Crippen LogP contribution in [0.2, 0.25) is 0 Å². The lowest BCUT2D eigenvalue weighted by Crippen LogP contribution is -2.32. The van der Waals surface area contributed by atoms with Gasteiger partial charge in [-0.05, 0) is 86.0 Å². The molecule has 2 aliphatic rings. The standard InChI is InChI=1S/C40H62O2/c1-29(17-13-19-31(3)21-23-37-33(5)25-35(41)27-39(37,7)8)15-11-12-16-30(2)18-14-20-32(4)22-24-38-34(6)26-36(42)28-40(38,9)10/h11-17,20-25,29-32,35-37,41-42H,18-19,26-28H2,1-10H3/b15-11+,16-12+,17-13+,20-14+,23-21+,24-22+/t29?,30?,31?,32?,35-,36-,37-/m0/s1. The second-order valence-corrected chi connectivity index (χ2v) is 14.8. The van der Waals surface area contributed by atoms with E-state index in [1.165, 1.54) is 16.7 Å². The fourth-order valence-electron chi connectivity index (χ4n) is 6.68. The molecular weight excluding hydrogens is 512 g/mol. The molecule has 0 aromatic rings. The molecule has 0 spiro atoms. The molecule has 0 bridgehead atoms. The zero-order valence-electron chi connectivity index (χ0n) is 28.5. The third-order valence-electron chi connectivity index (χ3n) is 9.06. The molecule has 42 heavy (non-hydrogen) atoms. The van der Waals surface area contributed by atoms with Gasteiger partial charge in [0.05, 0.1) is 12.2 Å². The highest BCUT2D eigenvalue weighted by atomic mass is 16.3. The summed E-state index contributed by atoms with van der Waals surface area (Å²) in [6, 6.07) is 0. The zero-order chi connectivity index (χ0) is 31.5. The highest BCUT2D eigenvalue weighted by Crippen LogP contribution is 2.42. The van der Waals surface area contributed by atoms with Gasteiger partial charge in [-0.1, -0.05) is 146 Å². The molecule has 0 aromatic heterocycles. The maximum Gasteiger partial charge on any atom is 0.0729 e. The molecule has 2 rings (SSSR count). The predicted molar refractivity (Wildman–Crippen MR) is 184 cm³/mol. The lowest BCUT2D eigenvalue weighted by atomic mass is 9.67. The van der Waals surface area contributed by atoms with Gasteiger partial charge in [-0.25, -0.2) is 0 Å². The van der Waals surface area contributed by atoms with Crippen LogP contribution in [0.25, 0.3) is 0 Å². The van der Waals surface area contributed by atoms with Gasteiger partial charge in [0, 0.05) is 5.92 Å². The van der Waals surface area contributed by atoms with E-state index in [4.69, 9.17) is 0 Å². The number of rotatable bonds is 13. The molecule has 0 fully saturated rings. The summed E-state index contributed by atoms with van der Waals surface area (Å²) < 4.78 is 0. The summed E-state index contributed by atoms with van der Waals surface area (Å²) in [6.45, 7) is 22.3. The van der Waals surface area contributed by atoms with Crippen LogP contribution in [0.1, 0.15) is 101 Å². The van der Waals surface area contributed by atoms with Crippen LogP contribution in [-0.2, 0) is 0 Å². The highest BCUT2D eigenvalue weighted by molar-refractivity contribution is 5.34. The van der Waals surface area contributed by atoms with Crippen LogP contribution in [0.3, 0.4) is 0 Å². The molecule has 2 heteroatoms. The van der Waals surface area contributed by atoms with Crippen LogP contribution in [0.4, 0.5) is 0 Å². The van der Waals surface area contributed by atoms with E-state index in [0.717, 1.165) is 32.1 Å². The van der Waals surface area contributed by atoms with Crippen LogP contribution in [0.15, 0.2) is 95.7 Å². The molecule has 2 aliphatic carbocycles. The summed E-state index contributed by atoms with van der Waals surface area (Å²) in [5, 5.41) is 20.2. The number of aliphatic hydroxyl groups excluding tert-OH is 2. The van der Waals surface area contributed by atoms with Crippen LogP contribution >= 0.6 is 0 Å². The Labute approximate surface area is 259 Å². The first-order valence-corrected chi connectivity index (χ1v) is 16.4. The topological polar surface area (TPSA) is 40.5 Å². The average Bonchev–Trinajstić information content (AvgIpc) is 2.84. The molecule has 0 amide bonds. The quantitative estimate of drug-likeness (QED) is 0.170. The number of hydrogen-bond donors (Lipinski definition) is 2. The summed E-state index contributed by atoms with van der Waals surface area (Å²) in [6.07, 6.45) is 33.5. The van der Waals surface area contributed by atoms with Crippen molar-refractivity contribution in [1.29, 1.82) is 0 Å². The normalized spacial score (nSPS) is 28.1. The maximum atomic E-state index is 10.1. The minimum absolute atomic E-state index is 0.0350. The van der Waals surface area contributed by atoms with Gasteiger partial charge in [0.1, 0.15) is 0 Å². The third kappa shape index (κ3) is 12.2. The van der Waals surface area contributed by atoms with Gasteiger partial charge in [0.2, 0.25) is 0 Å². The number of aliphatic hydroxyl groups is 2. The van der Waals surface area contributed by atoms with Crippen molar-refractivity contribution in [2.45, 2.75) is 114 Å². The minimum atomic E-state index is -0.310. The molecule has 0 saturated heterocycles. The van der Waals surface area contributed by atoms with Gasteiger partial charge in [0.25, 0.3) is 0 Å². The van der Waals surface area contributed by atoms with Crippen molar-refractivity contribution in [2.75, 3.05) is 0 Å². The second kappa shape index (κ2) is 16.6. The van der Waals surface area contributed by atoms with E-state index in [1.807, 2.05) is 6.08 Å². The van der Waals surface area contributed by atoms with Gasteiger partial charge < -0.3 is 10.2 Å². The van der Waals surface area contributed by atoms with Crippen molar-refractivity contribution < 1.29 is 10.2 Å². The Morgan fingerprint density at radius 1 is 0.786 bits per heavy atom. The van der Waals surface area contributed by atoms with E-state index < -0.39 is 0 Å². The zero-order valence-corrected chi connectivity index (χ0v) is 28.5. The van der Waals surface area contributed by atoms with Gasteiger partial charge in [-0.2, -0.15) is 0 Å². The minimum Gasteiger partial charge on any atom is -0.393 e. The molecule has 0 radical (unpaired) electrons. The Bertz CT molecular complexity index is 1090. The Kier molecular flexibility index (Phi) is 14.3. The molecule has 7 atom stereocenters. The maximum absolute atomic E-state index is 10.1. The largest absolute Gasteiger partial charge is 0.393 e.